The number of ether oxygens (including phenoxy) is 1. The number of nitrogens with one attached hydrogen (secondary N) is 1. The van der Waals surface area contributed by atoms with Gasteiger partial charge in [0.25, 0.3) is 0 Å². The molecular weight excluding hydrogens is 140 g/mol. The molecular formula is C8H16N2O. The molecule has 0 saturated carbocycles. The summed E-state index contributed by atoms with van der Waals surface area (Å²) in [6.07, 6.45) is 0.823. The van der Waals surface area contributed by atoms with Crippen LogP contribution in [-0.4, -0.2) is 25.8 Å². The zero-order chi connectivity index (χ0) is 8.91. The van der Waals surface area contributed by atoms with Gasteiger partial charge in [0, 0.05) is 13.5 Å². The van der Waals surface area contributed by atoms with Crippen molar-refractivity contribution >= 4 is 0 Å². The van der Waals surface area contributed by atoms with Gasteiger partial charge in [0.05, 0.1) is 12.2 Å². The summed E-state index contributed by atoms with van der Waals surface area (Å²) in [6, 6.07) is 2.20. The third-order valence-electron chi connectivity index (χ3n) is 1.90. The van der Waals surface area contributed by atoms with Gasteiger partial charge in [-0.2, -0.15) is 5.26 Å². The van der Waals surface area contributed by atoms with Crippen LogP contribution in [0.1, 0.15) is 20.3 Å². The van der Waals surface area contributed by atoms with Crippen LogP contribution in [0.3, 0.4) is 0 Å². The van der Waals surface area contributed by atoms with Crippen molar-refractivity contribution in [2.45, 2.75) is 31.9 Å². The first-order valence-corrected chi connectivity index (χ1v) is 3.71. The van der Waals surface area contributed by atoms with Crippen LogP contribution in [0.4, 0.5) is 0 Å². The molecule has 2 atom stereocenters. The van der Waals surface area contributed by atoms with Crippen molar-refractivity contribution in [1.82, 2.24) is 5.32 Å². The lowest BCUT2D eigenvalue weighted by Crippen LogP contribution is -2.41. The highest BCUT2D eigenvalue weighted by Crippen LogP contribution is 2.11. The van der Waals surface area contributed by atoms with Crippen LogP contribution in [0, 0.1) is 11.3 Å². The second-order valence-electron chi connectivity index (χ2n) is 2.94. The predicted octanol–water partition coefficient (Wildman–Crippen LogP) is 0.913. The van der Waals surface area contributed by atoms with E-state index in [4.69, 9.17) is 10.00 Å². The molecule has 0 aliphatic heterocycles. The Bertz CT molecular complexity index is 153. The first kappa shape index (κ1) is 10.4. The van der Waals surface area contributed by atoms with Gasteiger partial charge >= 0.3 is 0 Å². The summed E-state index contributed by atoms with van der Waals surface area (Å²) in [5.41, 5.74) is -0.463. The average Bonchev–Trinajstić information content (AvgIpc) is 2.04. The molecule has 3 heteroatoms. The molecule has 0 aromatic carbocycles. The van der Waals surface area contributed by atoms with Gasteiger partial charge in [-0.05, 0) is 20.9 Å². The second kappa shape index (κ2) is 4.32. The van der Waals surface area contributed by atoms with E-state index in [1.54, 1.807) is 14.2 Å². The number of hydrogen-bond donors (Lipinski definition) is 1. The Hall–Kier alpha value is -0.590. The monoisotopic (exact) mass is 156 g/mol. The summed E-state index contributed by atoms with van der Waals surface area (Å²) < 4.78 is 5.06. The molecule has 0 fully saturated rings. The lowest BCUT2D eigenvalue weighted by atomic mass is 9.97. The maximum absolute atomic E-state index is 8.76. The summed E-state index contributed by atoms with van der Waals surface area (Å²) in [5, 5.41) is 11.7. The first-order chi connectivity index (χ1) is 5.08. The van der Waals surface area contributed by atoms with E-state index in [1.807, 2.05) is 13.8 Å². The number of nitriles is 1. The van der Waals surface area contributed by atoms with Crippen molar-refractivity contribution in [1.29, 1.82) is 5.26 Å². The van der Waals surface area contributed by atoms with E-state index in [0.717, 1.165) is 0 Å². The minimum atomic E-state index is -0.463. The summed E-state index contributed by atoms with van der Waals surface area (Å²) in [4.78, 5) is 0. The summed E-state index contributed by atoms with van der Waals surface area (Å²) in [6.45, 7) is 3.81. The van der Waals surface area contributed by atoms with Gasteiger partial charge < -0.3 is 10.1 Å². The Kier molecular flexibility index (Phi) is 4.09. The van der Waals surface area contributed by atoms with E-state index in [2.05, 4.69) is 11.4 Å². The predicted molar refractivity (Wildman–Crippen MR) is 44.2 cm³/mol. The molecule has 0 aliphatic rings. The molecule has 0 radical (unpaired) electrons. The van der Waals surface area contributed by atoms with Gasteiger partial charge in [-0.3, -0.25) is 0 Å². The van der Waals surface area contributed by atoms with Crippen LogP contribution in [0.15, 0.2) is 0 Å². The van der Waals surface area contributed by atoms with Crippen LogP contribution in [0.5, 0.6) is 0 Å². The van der Waals surface area contributed by atoms with Crippen molar-refractivity contribution in [2.24, 2.45) is 0 Å². The van der Waals surface area contributed by atoms with Crippen molar-refractivity contribution < 1.29 is 4.74 Å². The van der Waals surface area contributed by atoms with E-state index in [-0.39, 0.29) is 6.10 Å². The Morgan fingerprint density at radius 1 is 1.73 bits per heavy atom. The number of methoxy groups -OCH3 is 1. The molecule has 2 unspecified atom stereocenters. The molecule has 1 N–H and O–H groups in total. The van der Waals surface area contributed by atoms with Crippen LogP contribution in [0.25, 0.3) is 0 Å². The molecule has 11 heavy (non-hydrogen) atoms. The molecule has 0 amide bonds. The van der Waals surface area contributed by atoms with Crippen LogP contribution in [-0.2, 0) is 4.74 Å². The fraction of sp³-hybridized carbons (Fsp3) is 0.875. The minimum absolute atomic E-state index is 0.118. The van der Waals surface area contributed by atoms with Gasteiger partial charge in [-0.25, -0.2) is 0 Å². The largest absolute Gasteiger partial charge is 0.382 e. The molecule has 64 valence electrons. The van der Waals surface area contributed by atoms with Crippen molar-refractivity contribution in [2.75, 3.05) is 14.2 Å². The molecule has 0 aliphatic carbocycles. The molecule has 3 nitrogen and oxygen atoms in total. The van der Waals surface area contributed by atoms with Crippen molar-refractivity contribution in [3.8, 4) is 6.07 Å². The standard InChI is InChI=1S/C8H16N2O/c1-7(11-4)5-8(2,6-9)10-3/h7,10H,5H2,1-4H3. The number of rotatable bonds is 4. The maximum atomic E-state index is 8.76. The van der Waals surface area contributed by atoms with Crippen molar-refractivity contribution in [3.63, 3.8) is 0 Å². The highest BCUT2D eigenvalue weighted by atomic mass is 16.5. The second-order valence-corrected chi connectivity index (χ2v) is 2.94. The third-order valence-corrected chi connectivity index (χ3v) is 1.90. The quantitative estimate of drug-likeness (QED) is 0.658. The molecule has 0 aromatic rings. The average molecular weight is 156 g/mol. The van der Waals surface area contributed by atoms with Gasteiger partial charge in [0.1, 0.15) is 5.54 Å². The van der Waals surface area contributed by atoms with Crippen LogP contribution in [0.2, 0.25) is 0 Å². The van der Waals surface area contributed by atoms with E-state index in [9.17, 15) is 0 Å². The third kappa shape index (κ3) is 3.35. The number of nitrogens with zero attached hydrogens (tertiary/aromatic N) is 1. The Balaban J connectivity index is 3.99. The van der Waals surface area contributed by atoms with E-state index in [0.29, 0.717) is 6.42 Å². The van der Waals surface area contributed by atoms with E-state index >= 15 is 0 Å². The fourth-order valence-electron chi connectivity index (χ4n) is 0.862. The molecule has 0 aromatic heterocycles. The maximum Gasteiger partial charge on any atom is 0.106 e. The molecule has 0 rings (SSSR count). The van der Waals surface area contributed by atoms with Crippen LogP contribution >= 0.6 is 0 Å². The Morgan fingerprint density at radius 3 is 2.55 bits per heavy atom. The van der Waals surface area contributed by atoms with Crippen molar-refractivity contribution in [3.05, 3.63) is 0 Å². The molecule has 0 bridgehead atoms. The minimum Gasteiger partial charge on any atom is -0.382 e. The number of hydrogen-bond acceptors (Lipinski definition) is 3. The van der Waals surface area contributed by atoms with E-state index < -0.39 is 5.54 Å². The van der Waals surface area contributed by atoms with E-state index in [1.165, 1.54) is 0 Å². The zero-order valence-corrected chi connectivity index (χ0v) is 7.64. The topological polar surface area (TPSA) is 45.0 Å². The Morgan fingerprint density at radius 2 is 2.27 bits per heavy atom. The lowest BCUT2D eigenvalue weighted by molar-refractivity contribution is 0.0944. The SMILES string of the molecule is CNC(C)(C#N)CC(C)OC. The summed E-state index contributed by atoms with van der Waals surface area (Å²) >= 11 is 0. The van der Waals surface area contributed by atoms with Gasteiger partial charge in [0.15, 0.2) is 0 Å². The Labute approximate surface area is 68.3 Å². The zero-order valence-electron chi connectivity index (χ0n) is 7.64. The summed E-state index contributed by atoms with van der Waals surface area (Å²) in [5.74, 6) is 0. The normalized spacial score (nSPS) is 18.5. The highest BCUT2D eigenvalue weighted by molar-refractivity contribution is 5.03. The first-order valence-electron chi connectivity index (χ1n) is 3.71. The van der Waals surface area contributed by atoms with Gasteiger partial charge in [-0.15, -0.1) is 0 Å². The smallest absolute Gasteiger partial charge is 0.106 e. The molecule has 0 spiro atoms. The van der Waals surface area contributed by atoms with Gasteiger partial charge in [0.2, 0.25) is 0 Å². The molecule has 0 heterocycles. The lowest BCUT2D eigenvalue weighted by Gasteiger charge is -2.23. The van der Waals surface area contributed by atoms with Gasteiger partial charge in [-0.1, -0.05) is 0 Å². The fourth-order valence-corrected chi connectivity index (χ4v) is 0.862. The highest BCUT2D eigenvalue weighted by Gasteiger charge is 2.23. The molecule has 0 saturated heterocycles. The summed E-state index contributed by atoms with van der Waals surface area (Å²) in [7, 11) is 3.43. The van der Waals surface area contributed by atoms with Crippen LogP contribution < -0.4 is 5.32 Å².